The third-order valence-corrected chi connectivity index (χ3v) is 5.91. The Morgan fingerprint density at radius 1 is 0.862 bits per heavy atom. The minimum absolute atomic E-state index is 0.202. The number of ketones is 2. The lowest BCUT2D eigenvalue weighted by molar-refractivity contribution is -0.184. The molecule has 1 heterocycles. The molecule has 152 valence electrons. The van der Waals surface area contributed by atoms with Gasteiger partial charge in [-0.1, -0.05) is 17.7 Å². The lowest BCUT2D eigenvalue weighted by Gasteiger charge is -2.43. The van der Waals surface area contributed by atoms with E-state index in [-0.39, 0.29) is 11.6 Å². The van der Waals surface area contributed by atoms with Gasteiger partial charge in [-0.05, 0) is 94.0 Å². The van der Waals surface area contributed by atoms with Crippen LogP contribution in [0.15, 0.2) is 42.5 Å². The highest BCUT2D eigenvalue weighted by Gasteiger charge is 2.53. The molecule has 0 bridgehead atoms. The minimum atomic E-state index is -1.03. The van der Waals surface area contributed by atoms with Crippen molar-refractivity contribution in [2.24, 2.45) is 0 Å². The van der Waals surface area contributed by atoms with E-state index in [2.05, 4.69) is 0 Å². The molecule has 4 nitrogen and oxygen atoms in total. The first-order valence-corrected chi connectivity index (χ1v) is 10.3. The fraction of sp³-hybridized carbons (Fsp3) is 0.417. The standard InChI is InChI=1S/C24H25ClO4/c1-23(2)21(26)20(22(27)24(3,4)29-23)19-13-17(11-12-18(19)14-5-6-14)28-16-9-7-15(25)8-10-16/h7-14,20H,5-6H2,1-4H3. The highest BCUT2D eigenvalue weighted by atomic mass is 35.5. The van der Waals surface area contributed by atoms with E-state index in [1.807, 2.05) is 18.2 Å². The van der Waals surface area contributed by atoms with Crippen molar-refractivity contribution in [3.63, 3.8) is 0 Å². The minimum Gasteiger partial charge on any atom is -0.457 e. The molecule has 0 atom stereocenters. The van der Waals surface area contributed by atoms with Crippen molar-refractivity contribution in [3.8, 4) is 11.5 Å². The second kappa shape index (κ2) is 6.96. The summed E-state index contributed by atoms with van der Waals surface area (Å²) in [6, 6.07) is 12.8. The average Bonchev–Trinajstić information content (AvgIpc) is 3.47. The second-order valence-corrected chi connectivity index (χ2v) is 9.34. The molecule has 0 radical (unpaired) electrons. The maximum absolute atomic E-state index is 13.2. The molecule has 1 saturated carbocycles. The SMILES string of the molecule is CC1(C)OC(C)(C)C(=O)C(c2cc(Oc3ccc(Cl)cc3)ccc2C2CC2)C1=O. The molecule has 0 unspecified atom stereocenters. The summed E-state index contributed by atoms with van der Waals surface area (Å²) in [5, 5.41) is 0.630. The zero-order valence-electron chi connectivity index (χ0n) is 17.1. The third kappa shape index (κ3) is 3.84. The predicted molar refractivity (Wildman–Crippen MR) is 112 cm³/mol. The Kier molecular flexibility index (Phi) is 4.83. The van der Waals surface area contributed by atoms with Gasteiger partial charge in [0.25, 0.3) is 0 Å². The average molecular weight is 413 g/mol. The number of carbonyl (C=O) groups excluding carboxylic acids is 2. The molecule has 2 fully saturated rings. The lowest BCUT2D eigenvalue weighted by Crippen LogP contribution is -2.58. The Bertz CT molecular complexity index is 945. The molecule has 5 heteroatoms. The molecule has 4 rings (SSSR count). The summed E-state index contributed by atoms with van der Waals surface area (Å²) in [7, 11) is 0. The molecule has 2 aromatic carbocycles. The number of halogens is 1. The van der Waals surface area contributed by atoms with Gasteiger partial charge in [0.2, 0.25) is 0 Å². The third-order valence-electron chi connectivity index (χ3n) is 5.66. The van der Waals surface area contributed by atoms with Gasteiger partial charge in [0.05, 0.1) is 0 Å². The van der Waals surface area contributed by atoms with E-state index in [0.29, 0.717) is 22.4 Å². The Morgan fingerprint density at radius 2 is 1.41 bits per heavy atom. The fourth-order valence-electron chi connectivity index (χ4n) is 4.11. The molecule has 29 heavy (non-hydrogen) atoms. The molecule has 0 amide bonds. The van der Waals surface area contributed by atoms with Gasteiger partial charge in [0.1, 0.15) is 28.6 Å². The Hall–Kier alpha value is -2.17. The molecule has 0 aromatic heterocycles. The van der Waals surface area contributed by atoms with Crippen LogP contribution in [0, 0.1) is 0 Å². The van der Waals surface area contributed by atoms with E-state index in [4.69, 9.17) is 21.1 Å². The summed E-state index contributed by atoms with van der Waals surface area (Å²) >= 11 is 5.95. The number of hydrogen-bond acceptors (Lipinski definition) is 4. The molecule has 2 aliphatic rings. The Labute approximate surface area is 176 Å². The van der Waals surface area contributed by atoms with Crippen LogP contribution in [0.4, 0.5) is 0 Å². The van der Waals surface area contributed by atoms with Crippen molar-refractivity contribution in [2.45, 2.75) is 63.6 Å². The van der Waals surface area contributed by atoms with Crippen molar-refractivity contribution in [2.75, 3.05) is 0 Å². The molecule has 2 aromatic rings. The monoisotopic (exact) mass is 412 g/mol. The number of benzene rings is 2. The van der Waals surface area contributed by atoms with E-state index in [0.717, 1.165) is 24.0 Å². The van der Waals surface area contributed by atoms with Crippen LogP contribution in [0.5, 0.6) is 11.5 Å². The van der Waals surface area contributed by atoms with Gasteiger partial charge < -0.3 is 9.47 Å². The Balaban J connectivity index is 1.77. The molecule has 1 saturated heterocycles. The molecular weight excluding hydrogens is 388 g/mol. The van der Waals surface area contributed by atoms with Crippen LogP contribution >= 0.6 is 11.6 Å². The number of Topliss-reactive ketones (excluding diaryl/α,β-unsaturated/α-hetero) is 2. The summed E-state index contributed by atoms with van der Waals surface area (Å²) < 4.78 is 11.8. The zero-order valence-corrected chi connectivity index (χ0v) is 17.9. The zero-order chi connectivity index (χ0) is 21.0. The highest BCUT2D eigenvalue weighted by molar-refractivity contribution is 6.30. The second-order valence-electron chi connectivity index (χ2n) is 8.91. The lowest BCUT2D eigenvalue weighted by atomic mass is 9.73. The van der Waals surface area contributed by atoms with E-state index >= 15 is 0 Å². The van der Waals surface area contributed by atoms with Crippen molar-refractivity contribution < 1.29 is 19.1 Å². The van der Waals surface area contributed by atoms with Gasteiger partial charge >= 0.3 is 0 Å². The molecule has 0 N–H and O–H groups in total. The Morgan fingerprint density at radius 3 is 1.97 bits per heavy atom. The maximum Gasteiger partial charge on any atom is 0.179 e. The van der Waals surface area contributed by atoms with Gasteiger partial charge in [-0.25, -0.2) is 0 Å². The molecular formula is C24H25ClO4. The first-order chi connectivity index (χ1) is 13.6. The van der Waals surface area contributed by atoms with Crippen LogP contribution in [-0.2, 0) is 14.3 Å². The topological polar surface area (TPSA) is 52.6 Å². The first-order valence-electron chi connectivity index (χ1n) is 9.94. The molecule has 1 aliphatic heterocycles. The van der Waals surface area contributed by atoms with E-state index in [1.165, 1.54) is 0 Å². The fourth-order valence-corrected chi connectivity index (χ4v) is 4.23. The summed E-state index contributed by atoms with van der Waals surface area (Å²) in [5.74, 6) is 0.376. The van der Waals surface area contributed by atoms with Crippen LogP contribution < -0.4 is 4.74 Å². The maximum atomic E-state index is 13.2. The largest absolute Gasteiger partial charge is 0.457 e. The first kappa shape index (κ1) is 20.1. The number of rotatable bonds is 4. The highest BCUT2D eigenvalue weighted by Crippen LogP contribution is 2.47. The smallest absolute Gasteiger partial charge is 0.179 e. The number of ether oxygens (including phenoxy) is 2. The number of carbonyl (C=O) groups is 2. The van der Waals surface area contributed by atoms with Gasteiger partial charge in [-0.15, -0.1) is 0 Å². The molecule has 0 spiro atoms. The van der Waals surface area contributed by atoms with E-state index in [9.17, 15) is 9.59 Å². The van der Waals surface area contributed by atoms with Crippen LogP contribution in [0.1, 0.15) is 63.5 Å². The van der Waals surface area contributed by atoms with Gasteiger partial charge in [0, 0.05) is 5.02 Å². The quantitative estimate of drug-likeness (QED) is 0.594. The van der Waals surface area contributed by atoms with E-state index < -0.39 is 17.1 Å². The van der Waals surface area contributed by atoms with E-state index in [1.54, 1.807) is 52.0 Å². The van der Waals surface area contributed by atoms with Crippen LogP contribution in [-0.4, -0.2) is 22.8 Å². The summed E-state index contributed by atoms with van der Waals surface area (Å²) in [5.41, 5.74) is -0.252. The van der Waals surface area contributed by atoms with Crippen molar-refractivity contribution >= 4 is 23.2 Å². The predicted octanol–water partition coefficient (Wildman–Crippen LogP) is 5.82. The van der Waals surface area contributed by atoms with Gasteiger partial charge in [0.15, 0.2) is 11.6 Å². The van der Waals surface area contributed by atoms with Gasteiger partial charge in [-0.3, -0.25) is 9.59 Å². The normalized spacial score (nSPS) is 21.3. The molecule has 1 aliphatic carbocycles. The van der Waals surface area contributed by atoms with Crippen molar-refractivity contribution in [3.05, 3.63) is 58.6 Å². The summed E-state index contributed by atoms with van der Waals surface area (Å²) in [4.78, 5) is 26.5. The van der Waals surface area contributed by atoms with Crippen molar-refractivity contribution in [1.29, 1.82) is 0 Å². The van der Waals surface area contributed by atoms with Gasteiger partial charge in [-0.2, -0.15) is 0 Å². The summed E-state index contributed by atoms with van der Waals surface area (Å²) in [6.07, 6.45) is 2.14. The van der Waals surface area contributed by atoms with Crippen LogP contribution in [0.25, 0.3) is 0 Å². The number of hydrogen-bond donors (Lipinski definition) is 0. The van der Waals surface area contributed by atoms with Crippen LogP contribution in [0.2, 0.25) is 5.02 Å². The van der Waals surface area contributed by atoms with Crippen LogP contribution in [0.3, 0.4) is 0 Å². The summed E-state index contributed by atoms with van der Waals surface area (Å²) in [6.45, 7) is 6.95. The van der Waals surface area contributed by atoms with Crippen molar-refractivity contribution in [1.82, 2.24) is 0 Å².